The van der Waals surface area contributed by atoms with E-state index in [1.807, 2.05) is 0 Å². The van der Waals surface area contributed by atoms with Crippen molar-refractivity contribution in [3.8, 4) is 0 Å². The normalized spacial score (nSPS) is 18.1. The van der Waals surface area contributed by atoms with E-state index in [0.717, 1.165) is 0 Å². The third-order valence-corrected chi connectivity index (χ3v) is 3.73. The topological polar surface area (TPSA) is 52.6 Å². The van der Waals surface area contributed by atoms with Gasteiger partial charge in [-0.05, 0) is 26.7 Å². The summed E-state index contributed by atoms with van der Waals surface area (Å²) in [5.41, 5.74) is 0. The molecule has 16 heavy (non-hydrogen) atoms. The van der Waals surface area contributed by atoms with E-state index in [0.29, 0.717) is 12.8 Å². The Kier molecular flexibility index (Phi) is 5.96. The van der Waals surface area contributed by atoms with E-state index in [9.17, 15) is 9.59 Å². The zero-order valence-corrected chi connectivity index (χ0v) is 13.0. The number of alkyl halides is 2. The molecule has 0 radical (unpaired) electrons. The van der Waals surface area contributed by atoms with E-state index in [1.54, 1.807) is 13.8 Å². The Hall–Kier alpha value is -0.100. The summed E-state index contributed by atoms with van der Waals surface area (Å²) in [5, 5.41) is 0. The molecular formula is C10H16Br2O4. The zero-order chi connectivity index (χ0) is 13.0. The largest absolute Gasteiger partial charge is 0.468 e. The van der Waals surface area contributed by atoms with Crippen molar-refractivity contribution >= 4 is 43.8 Å². The molecule has 0 aliphatic rings. The maximum Gasteiger partial charge on any atom is 0.322 e. The van der Waals surface area contributed by atoms with Crippen LogP contribution in [0.25, 0.3) is 0 Å². The van der Waals surface area contributed by atoms with Crippen molar-refractivity contribution in [1.82, 2.24) is 0 Å². The fourth-order valence-electron chi connectivity index (χ4n) is 1.10. The van der Waals surface area contributed by atoms with Crippen molar-refractivity contribution in [1.29, 1.82) is 0 Å². The highest BCUT2D eigenvalue weighted by Crippen LogP contribution is 2.33. The minimum atomic E-state index is -0.787. The lowest BCUT2D eigenvalue weighted by atomic mass is 9.98. The van der Waals surface area contributed by atoms with Gasteiger partial charge in [0.1, 0.15) is 8.65 Å². The van der Waals surface area contributed by atoms with Crippen molar-refractivity contribution in [3.05, 3.63) is 0 Å². The fourth-order valence-corrected chi connectivity index (χ4v) is 1.82. The molecule has 0 bridgehead atoms. The van der Waals surface area contributed by atoms with Crippen LogP contribution >= 0.6 is 31.9 Å². The lowest BCUT2D eigenvalue weighted by molar-refractivity contribution is -0.145. The summed E-state index contributed by atoms with van der Waals surface area (Å²) in [7, 11) is 2.66. The Labute approximate surface area is 112 Å². The minimum Gasteiger partial charge on any atom is -0.468 e. The first kappa shape index (κ1) is 15.9. The summed E-state index contributed by atoms with van der Waals surface area (Å²) >= 11 is 6.57. The molecule has 4 nitrogen and oxygen atoms in total. The van der Waals surface area contributed by atoms with E-state index in [2.05, 4.69) is 41.3 Å². The highest BCUT2D eigenvalue weighted by Gasteiger charge is 2.37. The van der Waals surface area contributed by atoms with Gasteiger partial charge >= 0.3 is 11.9 Å². The van der Waals surface area contributed by atoms with Crippen LogP contribution in [0, 0.1) is 0 Å². The zero-order valence-electron chi connectivity index (χ0n) is 9.80. The van der Waals surface area contributed by atoms with Gasteiger partial charge < -0.3 is 9.47 Å². The number of carbonyl (C=O) groups is 2. The van der Waals surface area contributed by atoms with E-state index in [-0.39, 0.29) is 11.9 Å². The molecule has 0 aliphatic heterocycles. The lowest BCUT2D eigenvalue weighted by Crippen LogP contribution is -2.35. The Morgan fingerprint density at radius 2 is 1.19 bits per heavy atom. The predicted octanol–water partition coefficient (Wildman–Crippen LogP) is 2.42. The van der Waals surface area contributed by atoms with E-state index in [4.69, 9.17) is 0 Å². The molecule has 0 spiro atoms. The van der Waals surface area contributed by atoms with Crippen LogP contribution < -0.4 is 0 Å². The van der Waals surface area contributed by atoms with Crippen LogP contribution in [-0.4, -0.2) is 34.8 Å². The molecule has 0 aromatic rings. The smallest absolute Gasteiger partial charge is 0.322 e. The Balaban J connectivity index is 4.44. The van der Waals surface area contributed by atoms with Crippen LogP contribution in [0.15, 0.2) is 0 Å². The van der Waals surface area contributed by atoms with Crippen LogP contribution in [-0.2, 0) is 19.1 Å². The number of hydrogen-bond donors (Lipinski definition) is 0. The average Bonchev–Trinajstić information content (AvgIpc) is 2.24. The summed E-state index contributed by atoms with van der Waals surface area (Å²) in [5.74, 6) is -0.721. The highest BCUT2D eigenvalue weighted by molar-refractivity contribution is 9.10. The quantitative estimate of drug-likeness (QED) is 0.558. The molecule has 0 amide bonds. The first-order chi connectivity index (χ1) is 7.17. The van der Waals surface area contributed by atoms with Crippen molar-refractivity contribution in [2.45, 2.75) is 35.3 Å². The van der Waals surface area contributed by atoms with Gasteiger partial charge in [0, 0.05) is 0 Å². The monoisotopic (exact) mass is 358 g/mol. The summed E-state index contributed by atoms with van der Waals surface area (Å²) in [6.07, 6.45) is 0.910. The first-order valence-corrected chi connectivity index (χ1v) is 6.30. The summed E-state index contributed by atoms with van der Waals surface area (Å²) in [6, 6.07) is 0. The van der Waals surface area contributed by atoms with Gasteiger partial charge in [-0.1, -0.05) is 31.9 Å². The second kappa shape index (κ2) is 6.00. The maximum atomic E-state index is 11.4. The molecule has 0 aromatic heterocycles. The fraction of sp³-hybridized carbons (Fsp3) is 0.800. The van der Waals surface area contributed by atoms with Gasteiger partial charge in [-0.25, -0.2) is 0 Å². The van der Waals surface area contributed by atoms with Crippen molar-refractivity contribution in [2.75, 3.05) is 14.2 Å². The third-order valence-electron chi connectivity index (χ3n) is 2.29. The lowest BCUT2D eigenvalue weighted by Gasteiger charge is -2.25. The van der Waals surface area contributed by atoms with Crippen LogP contribution in [0.1, 0.15) is 26.7 Å². The van der Waals surface area contributed by atoms with E-state index < -0.39 is 8.65 Å². The molecule has 0 heterocycles. The molecule has 0 aliphatic carbocycles. The van der Waals surface area contributed by atoms with Gasteiger partial charge in [0.2, 0.25) is 0 Å². The molecule has 0 rings (SSSR count). The number of halogens is 2. The van der Waals surface area contributed by atoms with E-state index in [1.165, 1.54) is 14.2 Å². The molecule has 6 heteroatoms. The standard InChI is InChI=1S/C10H16Br2O4/c1-9(11,7(13)15-3)5-6-10(2,12)8(14)16-4/h5-6H2,1-4H3. The number of carbonyl (C=O) groups excluding carboxylic acids is 2. The van der Waals surface area contributed by atoms with Crippen molar-refractivity contribution in [2.24, 2.45) is 0 Å². The molecule has 0 N–H and O–H groups in total. The molecule has 0 fully saturated rings. The Morgan fingerprint density at radius 1 is 0.938 bits per heavy atom. The number of rotatable bonds is 5. The van der Waals surface area contributed by atoms with Crippen LogP contribution in [0.4, 0.5) is 0 Å². The molecule has 0 saturated carbocycles. The van der Waals surface area contributed by atoms with E-state index >= 15 is 0 Å². The Morgan fingerprint density at radius 3 is 1.38 bits per heavy atom. The predicted molar refractivity (Wildman–Crippen MR) is 67.9 cm³/mol. The highest BCUT2D eigenvalue weighted by atomic mass is 79.9. The second-order valence-electron chi connectivity index (χ2n) is 3.88. The van der Waals surface area contributed by atoms with Gasteiger partial charge in [0.15, 0.2) is 0 Å². The minimum absolute atomic E-state index is 0.360. The molecule has 0 saturated heterocycles. The number of methoxy groups -OCH3 is 2. The van der Waals surface area contributed by atoms with Crippen LogP contribution in [0.3, 0.4) is 0 Å². The SMILES string of the molecule is COC(=O)C(C)(Br)CCC(C)(Br)C(=O)OC. The molecule has 0 aromatic carbocycles. The molecule has 2 unspecified atom stereocenters. The molecule has 94 valence electrons. The van der Waals surface area contributed by atoms with Crippen molar-refractivity contribution < 1.29 is 19.1 Å². The number of ether oxygens (including phenoxy) is 2. The van der Waals surface area contributed by atoms with Crippen LogP contribution in [0.5, 0.6) is 0 Å². The summed E-state index contributed by atoms with van der Waals surface area (Å²) in [6.45, 7) is 3.42. The Bertz CT molecular complexity index is 246. The average molecular weight is 360 g/mol. The number of hydrogen-bond acceptors (Lipinski definition) is 4. The van der Waals surface area contributed by atoms with Crippen LogP contribution in [0.2, 0.25) is 0 Å². The second-order valence-corrected chi connectivity index (χ2v) is 7.38. The van der Waals surface area contributed by atoms with Gasteiger partial charge in [-0.2, -0.15) is 0 Å². The van der Waals surface area contributed by atoms with Gasteiger partial charge in [-0.3, -0.25) is 9.59 Å². The maximum absolute atomic E-state index is 11.4. The van der Waals surface area contributed by atoms with Gasteiger partial charge in [-0.15, -0.1) is 0 Å². The summed E-state index contributed by atoms with van der Waals surface area (Å²) < 4.78 is 7.73. The van der Waals surface area contributed by atoms with Gasteiger partial charge in [0.05, 0.1) is 14.2 Å². The molecule has 2 atom stereocenters. The van der Waals surface area contributed by atoms with Gasteiger partial charge in [0.25, 0.3) is 0 Å². The first-order valence-electron chi connectivity index (χ1n) is 4.72. The molecular weight excluding hydrogens is 344 g/mol. The van der Waals surface area contributed by atoms with Crippen molar-refractivity contribution in [3.63, 3.8) is 0 Å². The number of esters is 2. The third kappa shape index (κ3) is 4.41. The summed E-state index contributed by atoms with van der Waals surface area (Å²) in [4.78, 5) is 22.8.